The minimum Gasteiger partial charge on any atom is -0.375 e. The summed E-state index contributed by atoms with van der Waals surface area (Å²) in [6.07, 6.45) is 4.70. The van der Waals surface area contributed by atoms with E-state index in [1.54, 1.807) is 0 Å². The minimum atomic E-state index is 0.213. The molecule has 2 aromatic heterocycles. The van der Waals surface area contributed by atoms with Crippen molar-refractivity contribution in [1.29, 1.82) is 0 Å². The Morgan fingerprint density at radius 2 is 1.96 bits per heavy atom. The fourth-order valence-electron chi connectivity index (χ4n) is 3.28. The van der Waals surface area contributed by atoms with Gasteiger partial charge in [0.1, 0.15) is 5.52 Å². The molecule has 0 saturated heterocycles. The van der Waals surface area contributed by atoms with Crippen molar-refractivity contribution in [3.63, 3.8) is 0 Å². The summed E-state index contributed by atoms with van der Waals surface area (Å²) in [7, 11) is 0. The van der Waals surface area contributed by atoms with Crippen molar-refractivity contribution >= 4 is 33.5 Å². The molecule has 0 aliphatic carbocycles. The van der Waals surface area contributed by atoms with Crippen LogP contribution in [0.15, 0.2) is 61.1 Å². The maximum atomic E-state index is 6.04. The molecular formula is C21H20ClN3O. The molecule has 0 aliphatic heterocycles. The van der Waals surface area contributed by atoms with Gasteiger partial charge in [0.05, 0.1) is 42.8 Å². The smallest absolute Gasteiger partial charge is 0.107 e. The summed E-state index contributed by atoms with van der Waals surface area (Å²) < 4.78 is 8.21. The Morgan fingerprint density at radius 1 is 1.08 bits per heavy atom. The lowest BCUT2D eigenvalue weighted by atomic mass is 10.1. The number of para-hydroxylation sites is 1. The van der Waals surface area contributed by atoms with E-state index >= 15 is 0 Å². The molecule has 0 aliphatic rings. The van der Waals surface area contributed by atoms with E-state index in [-0.39, 0.29) is 6.04 Å². The summed E-state index contributed by atoms with van der Waals surface area (Å²) in [4.78, 5) is 9.04. The molecule has 1 atom stereocenters. The number of hydrogen-bond donors (Lipinski definition) is 0. The van der Waals surface area contributed by atoms with Crippen LogP contribution in [0.3, 0.4) is 0 Å². The van der Waals surface area contributed by atoms with E-state index in [1.807, 2.05) is 55.0 Å². The third-order valence-corrected chi connectivity index (χ3v) is 4.87. The lowest BCUT2D eigenvalue weighted by molar-refractivity contribution is 0.0897. The van der Waals surface area contributed by atoms with Gasteiger partial charge in [-0.25, -0.2) is 4.98 Å². The molecule has 132 valence electrons. The van der Waals surface area contributed by atoms with Gasteiger partial charge < -0.3 is 9.30 Å². The van der Waals surface area contributed by atoms with Crippen molar-refractivity contribution in [3.05, 3.63) is 71.6 Å². The van der Waals surface area contributed by atoms with E-state index in [0.29, 0.717) is 13.2 Å². The summed E-state index contributed by atoms with van der Waals surface area (Å²) in [6.45, 7) is 3.33. The summed E-state index contributed by atoms with van der Waals surface area (Å²) in [5.74, 6) is 0. The van der Waals surface area contributed by atoms with Crippen molar-refractivity contribution in [2.75, 3.05) is 6.61 Å². The zero-order valence-electron chi connectivity index (χ0n) is 14.6. The Hall–Kier alpha value is -2.43. The first kappa shape index (κ1) is 17.0. The molecule has 4 rings (SSSR count). The van der Waals surface area contributed by atoms with Gasteiger partial charge in [0.25, 0.3) is 0 Å². The number of imidazole rings is 1. The Labute approximate surface area is 157 Å². The second kappa shape index (κ2) is 7.44. The molecule has 0 bridgehead atoms. The first-order valence-electron chi connectivity index (χ1n) is 8.78. The normalized spacial score (nSPS) is 12.7. The molecule has 0 radical (unpaired) electrons. The molecule has 0 spiro atoms. The van der Waals surface area contributed by atoms with Crippen molar-refractivity contribution in [2.45, 2.75) is 26.0 Å². The Bertz CT molecular complexity index is 1040. The summed E-state index contributed by atoms with van der Waals surface area (Å²) in [5, 5.41) is 1.86. The van der Waals surface area contributed by atoms with Crippen molar-refractivity contribution in [2.24, 2.45) is 0 Å². The zero-order chi connectivity index (χ0) is 17.9. The highest BCUT2D eigenvalue weighted by Crippen LogP contribution is 2.27. The molecular weight excluding hydrogens is 346 g/mol. The van der Waals surface area contributed by atoms with Gasteiger partial charge in [-0.3, -0.25) is 4.98 Å². The monoisotopic (exact) mass is 365 g/mol. The molecule has 2 heterocycles. The van der Waals surface area contributed by atoms with Crippen LogP contribution in [0, 0.1) is 0 Å². The molecule has 2 aromatic carbocycles. The Balaban J connectivity index is 1.59. The molecule has 0 fully saturated rings. The first-order chi connectivity index (χ1) is 12.8. The number of nitrogens with zero attached hydrogens (tertiary/aromatic N) is 3. The second-order valence-corrected chi connectivity index (χ2v) is 6.80. The predicted octanol–water partition coefficient (Wildman–Crippen LogP) is 5.41. The first-order valence-corrected chi connectivity index (χ1v) is 9.16. The number of pyridine rings is 1. The number of ether oxygens (including phenoxy) is 1. The van der Waals surface area contributed by atoms with Crippen molar-refractivity contribution in [1.82, 2.24) is 14.5 Å². The highest BCUT2D eigenvalue weighted by Gasteiger charge is 2.15. The third-order valence-electron chi connectivity index (χ3n) is 4.64. The molecule has 0 N–H and O–H groups in total. The number of fused-ring (bicyclic) bond motifs is 3. The van der Waals surface area contributed by atoms with E-state index in [9.17, 15) is 0 Å². The van der Waals surface area contributed by atoms with Crippen LogP contribution in [0.25, 0.3) is 21.9 Å². The summed E-state index contributed by atoms with van der Waals surface area (Å²) >= 11 is 6.04. The minimum absolute atomic E-state index is 0.213. The van der Waals surface area contributed by atoms with Gasteiger partial charge in [-0.1, -0.05) is 48.9 Å². The topological polar surface area (TPSA) is 39.9 Å². The number of hydrogen-bond acceptors (Lipinski definition) is 3. The average Bonchev–Trinajstić information content (AvgIpc) is 3.10. The maximum Gasteiger partial charge on any atom is 0.107 e. The van der Waals surface area contributed by atoms with Crippen LogP contribution in [-0.4, -0.2) is 21.1 Å². The van der Waals surface area contributed by atoms with Crippen LogP contribution in [-0.2, 0) is 11.3 Å². The van der Waals surface area contributed by atoms with Gasteiger partial charge >= 0.3 is 0 Å². The summed E-state index contributed by atoms with van der Waals surface area (Å²) in [5.41, 5.74) is 4.10. The van der Waals surface area contributed by atoms with Gasteiger partial charge in [-0.2, -0.15) is 0 Å². The SMILES string of the molecule is CCC(COCc1cccc(Cl)c1)n1cnc2cnc3ccccc3c21. The molecule has 0 saturated carbocycles. The average molecular weight is 366 g/mol. The Morgan fingerprint density at radius 3 is 2.81 bits per heavy atom. The molecule has 4 nitrogen and oxygen atoms in total. The second-order valence-electron chi connectivity index (χ2n) is 6.37. The molecule has 0 amide bonds. The highest BCUT2D eigenvalue weighted by atomic mass is 35.5. The third kappa shape index (κ3) is 3.30. The highest BCUT2D eigenvalue weighted by molar-refractivity contribution is 6.30. The van der Waals surface area contributed by atoms with E-state index in [4.69, 9.17) is 16.3 Å². The van der Waals surface area contributed by atoms with Gasteiger partial charge in [0.2, 0.25) is 0 Å². The van der Waals surface area contributed by atoms with E-state index in [0.717, 1.165) is 38.9 Å². The number of rotatable bonds is 6. The lowest BCUT2D eigenvalue weighted by Crippen LogP contribution is -2.14. The molecule has 5 heteroatoms. The van der Waals surface area contributed by atoms with Gasteiger partial charge in [-0.15, -0.1) is 0 Å². The molecule has 4 aromatic rings. The molecule has 26 heavy (non-hydrogen) atoms. The van der Waals surface area contributed by atoms with Crippen LogP contribution in [0.4, 0.5) is 0 Å². The summed E-state index contributed by atoms with van der Waals surface area (Å²) in [6, 6.07) is 16.2. The zero-order valence-corrected chi connectivity index (χ0v) is 15.4. The number of aromatic nitrogens is 3. The van der Waals surface area contributed by atoms with Gasteiger partial charge in [0, 0.05) is 10.4 Å². The van der Waals surface area contributed by atoms with Gasteiger partial charge in [0.15, 0.2) is 0 Å². The standard InChI is InChI=1S/C21H20ClN3O/c1-2-17(13-26-12-15-6-5-7-16(22)10-15)25-14-24-20-11-23-19-9-4-3-8-18(19)21(20)25/h3-11,14,17H,2,12-13H2,1H3. The van der Waals surface area contributed by atoms with E-state index < -0.39 is 0 Å². The van der Waals surface area contributed by atoms with Crippen LogP contribution >= 0.6 is 11.6 Å². The fourth-order valence-corrected chi connectivity index (χ4v) is 3.49. The van der Waals surface area contributed by atoms with Crippen LogP contribution in [0.5, 0.6) is 0 Å². The largest absolute Gasteiger partial charge is 0.375 e. The number of benzene rings is 2. The van der Waals surface area contributed by atoms with Crippen molar-refractivity contribution < 1.29 is 4.74 Å². The number of halogens is 1. The van der Waals surface area contributed by atoms with Crippen LogP contribution in [0.1, 0.15) is 24.9 Å². The predicted molar refractivity (Wildman–Crippen MR) is 105 cm³/mol. The van der Waals surface area contributed by atoms with Crippen molar-refractivity contribution in [3.8, 4) is 0 Å². The maximum absolute atomic E-state index is 6.04. The fraction of sp³-hybridized carbons (Fsp3) is 0.238. The Kier molecular flexibility index (Phi) is 4.87. The molecule has 1 unspecified atom stereocenters. The van der Waals surface area contributed by atoms with Crippen LogP contribution in [0.2, 0.25) is 5.02 Å². The van der Waals surface area contributed by atoms with E-state index in [2.05, 4.69) is 27.5 Å². The lowest BCUT2D eigenvalue weighted by Gasteiger charge is -2.18. The quantitative estimate of drug-likeness (QED) is 0.459. The van der Waals surface area contributed by atoms with E-state index in [1.165, 1.54) is 0 Å². The van der Waals surface area contributed by atoms with Gasteiger partial charge in [-0.05, 0) is 30.2 Å². The van der Waals surface area contributed by atoms with Crippen LogP contribution < -0.4 is 0 Å².